The predicted octanol–water partition coefficient (Wildman–Crippen LogP) is 2.21. The number of hydrogen-bond acceptors (Lipinski definition) is 3. The molecule has 0 amide bonds. The first-order chi connectivity index (χ1) is 7.13. The highest BCUT2D eigenvalue weighted by molar-refractivity contribution is 7.99. The molecule has 86 valence electrons. The minimum Gasteiger partial charge on any atom is -0.316 e. The molecule has 1 heterocycles. The van der Waals surface area contributed by atoms with Crippen LogP contribution in [0.15, 0.2) is 11.1 Å². The highest BCUT2D eigenvalue weighted by Gasteiger charge is 2.08. The van der Waals surface area contributed by atoms with Crippen molar-refractivity contribution < 1.29 is 0 Å². The minimum absolute atomic E-state index is 0.589. The topological polar surface area (TPSA) is 29.9 Å². The lowest BCUT2D eigenvalue weighted by atomic mass is 10.4. The van der Waals surface area contributed by atoms with Gasteiger partial charge in [-0.05, 0) is 26.0 Å². The zero-order chi connectivity index (χ0) is 11.3. The average Bonchev–Trinajstić information content (AvgIpc) is 2.45. The van der Waals surface area contributed by atoms with Crippen LogP contribution in [-0.2, 0) is 7.05 Å². The Balaban J connectivity index is 2.37. The second-order valence-electron chi connectivity index (χ2n) is 3.88. The van der Waals surface area contributed by atoms with E-state index in [4.69, 9.17) is 0 Å². The van der Waals surface area contributed by atoms with Gasteiger partial charge in [0.05, 0.1) is 10.7 Å². The second-order valence-corrected chi connectivity index (χ2v) is 5.34. The molecule has 1 N–H and O–H groups in total. The van der Waals surface area contributed by atoms with Crippen LogP contribution in [0, 0.1) is 6.92 Å². The van der Waals surface area contributed by atoms with Gasteiger partial charge in [0.15, 0.2) is 0 Å². The van der Waals surface area contributed by atoms with Gasteiger partial charge < -0.3 is 5.32 Å². The summed E-state index contributed by atoms with van der Waals surface area (Å²) in [6.07, 6.45) is 1.20. The summed E-state index contributed by atoms with van der Waals surface area (Å²) in [5, 5.41) is 9.60. The molecule has 0 aliphatic rings. The van der Waals surface area contributed by atoms with Gasteiger partial charge in [0.1, 0.15) is 0 Å². The Morgan fingerprint density at radius 2 is 2.33 bits per heavy atom. The SMILES string of the molecule is CCCNCC(C)Sc1cc(C)nn1C. The Labute approximate surface area is 96.6 Å². The number of aromatic nitrogens is 2. The molecule has 0 aliphatic carbocycles. The Morgan fingerprint density at radius 1 is 1.60 bits per heavy atom. The number of hydrogen-bond donors (Lipinski definition) is 1. The number of aryl methyl sites for hydroxylation is 2. The summed E-state index contributed by atoms with van der Waals surface area (Å²) in [6, 6.07) is 2.14. The van der Waals surface area contributed by atoms with E-state index in [1.54, 1.807) is 0 Å². The van der Waals surface area contributed by atoms with Gasteiger partial charge in [0, 0.05) is 18.8 Å². The summed E-state index contributed by atoms with van der Waals surface area (Å²) in [7, 11) is 2.00. The van der Waals surface area contributed by atoms with Gasteiger partial charge in [0.2, 0.25) is 0 Å². The first-order valence-electron chi connectivity index (χ1n) is 5.51. The number of rotatable bonds is 6. The number of nitrogens with one attached hydrogen (secondary N) is 1. The lowest BCUT2D eigenvalue weighted by Gasteiger charge is -2.11. The fourth-order valence-corrected chi connectivity index (χ4v) is 2.47. The van der Waals surface area contributed by atoms with Crippen LogP contribution in [0.3, 0.4) is 0 Å². The molecule has 1 rings (SSSR count). The van der Waals surface area contributed by atoms with E-state index in [0.29, 0.717) is 5.25 Å². The summed E-state index contributed by atoms with van der Waals surface area (Å²) >= 11 is 1.88. The standard InChI is InChI=1S/C11H21N3S/c1-5-6-12-8-10(3)15-11-7-9(2)13-14(11)4/h7,10,12H,5-6,8H2,1-4H3. The molecular weight excluding hydrogens is 206 g/mol. The maximum Gasteiger partial charge on any atom is 0.0942 e. The van der Waals surface area contributed by atoms with Gasteiger partial charge in [-0.15, -0.1) is 11.8 Å². The molecule has 1 unspecified atom stereocenters. The molecule has 1 aromatic heterocycles. The Hall–Kier alpha value is -0.480. The monoisotopic (exact) mass is 227 g/mol. The van der Waals surface area contributed by atoms with E-state index >= 15 is 0 Å². The fourth-order valence-electron chi connectivity index (χ4n) is 1.43. The van der Waals surface area contributed by atoms with Crippen LogP contribution in [0.25, 0.3) is 0 Å². The van der Waals surface area contributed by atoms with Crippen LogP contribution in [0.5, 0.6) is 0 Å². The van der Waals surface area contributed by atoms with Crippen LogP contribution in [0.4, 0.5) is 0 Å². The van der Waals surface area contributed by atoms with Gasteiger partial charge in [-0.3, -0.25) is 4.68 Å². The molecule has 0 fully saturated rings. The van der Waals surface area contributed by atoms with E-state index in [0.717, 1.165) is 18.8 Å². The maximum absolute atomic E-state index is 4.34. The predicted molar refractivity (Wildman–Crippen MR) is 66.4 cm³/mol. The van der Waals surface area contributed by atoms with Crippen LogP contribution in [0.1, 0.15) is 26.0 Å². The summed E-state index contributed by atoms with van der Waals surface area (Å²) in [6.45, 7) is 8.63. The quantitative estimate of drug-likeness (QED) is 0.597. The van der Waals surface area contributed by atoms with Crippen LogP contribution < -0.4 is 5.32 Å². The van der Waals surface area contributed by atoms with E-state index in [1.807, 2.05) is 30.4 Å². The van der Waals surface area contributed by atoms with Crippen molar-refractivity contribution in [2.75, 3.05) is 13.1 Å². The first-order valence-corrected chi connectivity index (χ1v) is 6.39. The lowest BCUT2D eigenvalue weighted by Crippen LogP contribution is -2.23. The van der Waals surface area contributed by atoms with Crippen molar-refractivity contribution in [2.24, 2.45) is 7.05 Å². The van der Waals surface area contributed by atoms with E-state index < -0.39 is 0 Å². The van der Waals surface area contributed by atoms with Crippen molar-refractivity contribution in [3.8, 4) is 0 Å². The van der Waals surface area contributed by atoms with Crippen LogP contribution in [-0.4, -0.2) is 28.1 Å². The van der Waals surface area contributed by atoms with Crippen molar-refractivity contribution in [3.63, 3.8) is 0 Å². The highest BCUT2D eigenvalue weighted by atomic mass is 32.2. The van der Waals surface area contributed by atoms with Gasteiger partial charge in [-0.1, -0.05) is 13.8 Å². The molecule has 15 heavy (non-hydrogen) atoms. The van der Waals surface area contributed by atoms with E-state index in [1.165, 1.54) is 11.4 Å². The smallest absolute Gasteiger partial charge is 0.0942 e. The fraction of sp³-hybridized carbons (Fsp3) is 0.727. The molecule has 0 bridgehead atoms. The first kappa shape index (κ1) is 12.6. The third-order valence-corrected chi connectivity index (χ3v) is 3.33. The van der Waals surface area contributed by atoms with Gasteiger partial charge in [-0.2, -0.15) is 5.10 Å². The van der Waals surface area contributed by atoms with Crippen LogP contribution >= 0.6 is 11.8 Å². The molecule has 4 heteroatoms. The van der Waals surface area contributed by atoms with E-state index in [-0.39, 0.29) is 0 Å². The summed E-state index contributed by atoms with van der Waals surface area (Å²) in [5.41, 5.74) is 1.09. The van der Waals surface area contributed by atoms with E-state index in [2.05, 4.69) is 30.3 Å². The van der Waals surface area contributed by atoms with Gasteiger partial charge in [0.25, 0.3) is 0 Å². The van der Waals surface area contributed by atoms with Crippen molar-refractivity contribution >= 4 is 11.8 Å². The molecular formula is C11H21N3S. The van der Waals surface area contributed by atoms with Crippen molar-refractivity contribution in [1.29, 1.82) is 0 Å². The Bertz CT molecular complexity index is 296. The minimum atomic E-state index is 0.589. The van der Waals surface area contributed by atoms with E-state index in [9.17, 15) is 0 Å². The third-order valence-electron chi connectivity index (χ3n) is 2.14. The zero-order valence-corrected chi connectivity index (χ0v) is 10.9. The lowest BCUT2D eigenvalue weighted by molar-refractivity contribution is 0.662. The number of nitrogens with zero attached hydrogens (tertiary/aromatic N) is 2. The van der Waals surface area contributed by atoms with Gasteiger partial charge in [-0.25, -0.2) is 0 Å². The average molecular weight is 227 g/mol. The third kappa shape index (κ3) is 4.26. The summed E-state index contributed by atoms with van der Waals surface area (Å²) < 4.78 is 1.95. The summed E-state index contributed by atoms with van der Waals surface area (Å²) in [5.74, 6) is 0. The second kappa shape index (κ2) is 6.18. The molecule has 0 aromatic carbocycles. The zero-order valence-electron chi connectivity index (χ0n) is 10.1. The Kier molecular flexibility index (Phi) is 5.19. The highest BCUT2D eigenvalue weighted by Crippen LogP contribution is 2.22. The van der Waals surface area contributed by atoms with Crippen molar-refractivity contribution in [2.45, 2.75) is 37.5 Å². The maximum atomic E-state index is 4.34. The Morgan fingerprint density at radius 3 is 2.87 bits per heavy atom. The van der Waals surface area contributed by atoms with Gasteiger partial charge >= 0.3 is 0 Å². The molecule has 3 nitrogen and oxygen atoms in total. The molecule has 0 saturated heterocycles. The largest absolute Gasteiger partial charge is 0.316 e. The molecule has 0 aliphatic heterocycles. The molecule has 1 atom stereocenters. The summed E-state index contributed by atoms with van der Waals surface area (Å²) in [4.78, 5) is 0. The van der Waals surface area contributed by atoms with Crippen molar-refractivity contribution in [3.05, 3.63) is 11.8 Å². The molecule has 0 saturated carbocycles. The molecule has 1 aromatic rings. The normalized spacial score (nSPS) is 13.1. The van der Waals surface area contributed by atoms with Crippen molar-refractivity contribution in [1.82, 2.24) is 15.1 Å². The number of thioether (sulfide) groups is 1. The molecule has 0 radical (unpaired) electrons. The van der Waals surface area contributed by atoms with Crippen LogP contribution in [0.2, 0.25) is 0 Å². The molecule has 0 spiro atoms.